The molecule has 11 heteroatoms. The highest BCUT2D eigenvalue weighted by atomic mass is 16.6. The Balaban J connectivity index is 1.33. The number of piperidine rings is 1. The number of aromatic nitrogens is 1. The summed E-state index contributed by atoms with van der Waals surface area (Å²) in [6.07, 6.45) is 8.04. The zero-order valence-corrected chi connectivity index (χ0v) is 27.0. The fourth-order valence-corrected chi connectivity index (χ4v) is 6.65. The average molecular weight is 620 g/mol. The Morgan fingerprint density at radius 1 is 1.00 bits per heavy atom. The van der Waals surface area contributed by atoms with E-state index in [-0.39, 0.29) is 29.7 Å². The highest BCUT2D eigenvalue weighted by Crippen LogP contribution is 2.40. The minimum Gasteiger partial charge on any atom is -0.493 e. The molecule has 0 bridgehead atoms. The van der Waals surface area contributed by atoms with Crippen molar-refractivity contribution in [1.82, 2.24) is 20.2 Å². The maximum absolute atomic E-state index is 13.8. The first-order valence-electron chi connectivity index (χ1n) is 15.9. The summed E-state index contributed by atoms with van der Waals surface area (Å²) in [6.45, 7) is 6.24. The van der Waals surface area contributed by atoms with Crippen LogP contribution in [0.4, 0.5) is 4.79 Å². The van der Waals surface area contributed by atoms with E-state index in [1.807, 2.05) is 24.3 Å². The minimum absolute atomic E-state index is 0.0643. The first-order chi connectivity index (χ1) is 21.6. The Labute approximate surface area is 265 Å². The third-order valence-electron chi connectivity index (χ3n) is 8.83. The summed E-state index contributed by atoms with van der Waals surface area (Å²) in [5.41, 5.74) is 1.98. The quantitative estimate of drug-likeness (QED) is 0.459. The predicted molar refractivity (Wildman–Crippen MR) is 169 cm³/mol. The van der Waals surface area contributed by atoms with Gasteiger partial charge < -0.3 is 24.4 Å². The molecular formula is C34H45N5O6. The number of hydrogen-bond donors (Lipinski definition) is 1. The number of carbonyl (C=O) groups excluding carboxylic acids is 3. The van der Waals surface area contributed by atoms with Gasteiger partial charge in [0.25, 0.3) is 0 Å². The maximum atomic E-state index is 13.8. The SMILES string of the molecule is COc1ccc(C2=NN(C3CCN(C(=O)[C@H](Cc4cccnc4)NC(=O)OC(C)(C)C)CC3)C(=O)[C@@H]3CCCC[C@H]23)cc1OC. The van der Waals surface area contributed by atoms with Crippen molar-refractivity contribution in [2.24, 2.45) is 16.9 Å². The van der Waals surface area contributed by atoms with Crippen LogP contribution >= 0.6 is 0 Å². The Morgan fingerprint density at radius 3 is 2.36 bits per heavy atom. The van der Waals surface area contributed by atoms with Crippen LogP contribution in [0.15, 0.2) is 47.8 Å². The number of fused-ring (bicyclic) bond motifs is 1. The number of carbonyl (C=O) groups is 3. The van der Waals surface area contributed by atoms with Crippen molar-refractivity contribution >= 4 is 23.6 Å². The normalized spacial score (nSPS) is 21.4. The van der Waals surface area contributed by atoms with Crippen molar-refractivity contribution in [1.29, 1.82) is 0 Å². The van der Waals surface area contributed by atoms with Crippen LogP contribution in [0.2, 0.25) is 0 Å². The third kappa shape index (κ3) is 7.57. The van der Waals surface area contributed by atoms with Gasteiger partial charge in [-0.15, -0.1) is 0 Å². The van der Waals surface area contributed by atoms with E-state index in [0.717, 1.165) is 42.5 Å². The Hall–Kier alpha value is -4.15. The number of ether oxygens (including phenoxy) is 3. The average Bonchev–Trinajstić information content (AvgIpc) is 3.04. The van der Waals surface area contributed by atoms with Gasteiger partial charge >= 0.3 is 6.09 Å². The first kappa shape index (κ1) is 32.2. The van der Waals surface area contributed by atoms with Gasteiger partial charge in [0, 0.05) is 49.3 Å². The van der Waals surface area contributed by atoms with Gasteiger partial charge in [-0.1, -0.05) is 18.9 Å². The molecule has 2 fully saturated rings. The zero-order chi connectivity index (χ0) is 32.1. The van der Waals surface area contributed by atoms with Gasteiger partial charge in [-0.2, -0.15) is 5.10 Å². The number of likely N-dealkylation sites (tertiary alicyclic amines) is 1. The molecule has 242 valence electrons. The van der Waals surface area contributed by atoms with Crippen LogP contribution < -0.4 is 14.8 Å². The molecule has 1 aliphatic carbocycles. The fraction of sp³-hybridized carbons (Fsp3) is 0.559. The highest BCUT2D eigenvalue weighted by Gasteiger charge is 2.44. The monoisotopic (exact) mass is 619 g/mol. The van der Waals surface area contributed by atoms with E-state index < -0.39 is 17.7 Å². The molecule has 2 aliphatic heterocycles. The molecule has 3 aliphatic rings. The van der Waals surface area contributed by atoms with Crippen LogP contribution in [0.3, 0.4) is 0 Å². The van der Waals surface area contributed by atoms with Gasteiger partial charge in [0.2, 0.25) is 11.8 Å². The molecular weight excluding hydrogens is 574 g/mol. The molecule has 3 atom stereocenters. The lowest BCUT2D eigenvalue weighted by Gasteiger charge is -2.43. The number of hydrazone groups is 1. The molecule has 11 nitrogen and oxygen atoms in total. The number of nitrogens with one attached hydrogen (secondary N) is 1. The van der Waals surface area contributed by atoms with Crippen LogP contribution in [-0.2, 0) is 20.7 Å². The summed E-state index contributed by atoms with van der Waals surface area (Å²) >= 11 is 0. The van der Waals surface area contributed by atoms with E-state index in [0.29, 0.717) is 43.9 Å². The third-order valence-corrected chi connectivity index (χ3v) is 8.83. The molecule has 5 rings (SSSR count). The smallest absolute Gasteiger partial charge is 0.408 e. The van der Waals surface area contributed by atoms with Crippen molar-refractivity contribution in [3.8, 4) is 11.5 Å². The van der Waals surface area contributed by atoms with Crippen molar-refractivity contribution < 1.29 is 28.6 Å². The number of benzene rings is 1. The van der Waals surface area contributed by atoms with Crippen molar-refractivity contribution in [3.63, 3.8) is 0 Å². The zero-order valence-electron chi connectivity index (χ0n) is 27.0. The van der Waals surface area contributed by atoms with E-state index in [2.05, 4.69) is 10.3 Å². The van der Waals surface area contributed by atoms with E-state index in [9.17, 15) is 14.4 Å². The molecule has 2 aromatic rings. The van der Waals surface area contributed by atoms with Crippen molar-refractivity contribution in [2.75, 3.05) is 27.3 Å². The molecule has 1 saturated heterocycles. The van der Waals surface area contributed by atoms with Crippen molar-refractivity contribution in [2.45, 2.75) is 83.4 Å². The van der Waals surface area contributed by atoms with Crippen molar-refractivity contribution in [3.05, 3.63) is 53.9 Å². The van der Waals surface area contributed by atoms with Gasteiger partial charge in [-0.3, -0.25) is 14.6 Å². The Kier molecular flexibility index (Phi) is 9.94. The molecule has 3 heterocycles. The largest absolute Gasteiger partial charge is 0.493 e. The highest BCUT2D eigenvalue weighted by molar-refractivity contribution is 6.07. The summed E-state index contributed by atoms with van der Waals surface area (Å²) in [7, 11) is 3.22. The summed E-state index contributed by atoms with van der Waals surface area (Å²) in [4.78, 5) is 46.3. The standard InChI is InChI=1S/C34H45N5O6/c1-34(2,3)45-33(42)36-27(19-22-9-8-16-35-21-22)32(41)38-17-14-24(15-18-38)39-31(40)26-11-7-6-10-25(26)30(37-39)23-12-13-28(43-4)29(20-23)44-5/h8-9,12-13,16,20-21,24-27H,6-7,10-11,14-15,17-19H2,1-5H3,(H,36,42)/t25-,26+,27-/m0/s1. The van der Waals surface area contributed by atoms with Gasteiger partial charge in [-0.05, 0) is 76.3 Å². The molecule has 1 aromatic heterocycles. The molecule has 1 N–H and O–H groups in total. The second kappa shape index (κ2) is 13.9. The molecule has 1 aromatic carbocycles. The van der Waals surface area contributed by atoms with E-state index >= 15 is 0 Å². The molecule has 45 heavy (non-hydrogen) atoms. The van der Waals surface area contributed by atoms with Gasteiger partial charge in [-0.25, -0.2) is 9.80 Å². The maximum Gasteiger partial charge on any atom is 0.408 e. The number of amides is 3. The lowest BCUT2D eigenvalue weighted by molar-refractivity contribution is -0.143. The number of pyridine rings is 1. The Morgan fingerprint density at radius 2 is 1.71 bits per heavy atom. The van der Waals surface area contributed by atoms with Gasteiger partial charge in [0.1, 0.15) is 11.6 Å². The minimum atomic E-state index is -0.810. The second-order valence-corrected chi connectivity index (χ2v) is 13.1. The van der Waals surface area contributed by atoms with Crippen LogP contribution in [-0.4, -0.2) is 83.5 Å². The molecule has 0 spiro atoms. The number of methoxy groups -OCH3 is 2. The topological polar surface area (TPSA) is 123 Å². The Bertz CT molecular complexity index is 1400. The first-order valence-corrected chi connectivity index (χ1v) is 15.9. The summed E-state index contributed by atoms with van der Waals surface area (Å²) < 4.78 is 16.5. The molecule has 0 unspecified atom stereocenters. The summed E-state index contributed by atoms with van der Waals surface area (Å²) in [5.74, 6) is 1.12. The molecule has 3 amide bonds. The van der Waals surface area contributed by atoms with E-state index in [1.165, 1.54) is 0 Å². The number of hydrogen-bond acceptors (Lipinski definition) is 8. The lowest BCUT2D eigenvalue weighted by atomic mass is 9.73. The van der Waals surface area contributed by atoms with E-state index in [4.69, 9.17) is 19.3 Å². The lowest BCUT2D eigenvalue weighted by Crippen LogP contribution is -2.56. The summed E-state index contributed by atoms with van der Waals surface area (Å²) in [5, 5.41) is 9.51. The summed E-state index contributed by atoms with van der Waals surface area (Å²) in [6, 6.07) is 8.56. The van der Waals surface area contributed by atoms with Gasteiger partial charge in [0.15, 0.2) is 11.5 Å². The number of nitrogens with zero attached hydrogens (tertiary/aromatic N) is 4. The molecule has 0 radical (unpaired) electrons. The van der Waals surface area contributed by atoms with Crippen LogP contribution in [0.1, 0.15) is 70.4 Å². The number of alkyl carbamates (subject to hydrolysis) is 1. The number of rotatable bonds is 8. The van der Waals surface area contributed by atoms with E-state index in [1.54, 1.807) is 63.4 Å². The molecule has 1 saturated carbocycles. The van der Waals surface area contributed by atoms with Gasteiger partial charge in [0.05, 0.1) is 26.0 Å². The van der Waals surface area contributed by atoms with Crippen LogP contribution in [0.25, 0.3) is 0 Å². The second-order valence-electron chi connectivity index (χ2n) is 13.1. The van der Waals surface area contributed by atoms with Crippen LogP contribution in [0.5, 0.6) is 11.5 Å². The predicted octanol–water partition coefficient (Wildman–Crippen LogP) is 4.58. The fourth-order valence-electron chi connectivity index (χ4n) is 6.65. The van der Waals surface area contributed by atoms with Crippen LogP contribution in [0, 0.1) is 11.8 Å².